The lowest BCUT2D eigenvalue weighted by Crippen LogP contribution is -2.27. The van der Waals surface area contributed by atoms with Crippen LogP contribution in [0.5, 0.6) is 5.75 Å². The van der Waals surface area contributed by atoms with Gasteiger partial charge in [0.1, 0.15) is 11.4 Å². The quantitative estimate of drug-likeness (QED) is 0.852. The molecule has 0 saturated carbocycles. The molecule has 0 aliphatic heterocycles. The number of hydrogen-bond donors (Lipinski definition) is 1. The third-order valence-electron chi connectivity index (χ3n) is 2.33. The summed E-state index contributed by atoms with van der Waals surface area (Å²) < 4.78 is 10.3. The Bertz CT molecular complexity index is 489. The Kier molecular flexibility index (Phi) is 4.53. The standard InChI is InChI=1S/C14H19NO4/c1-9-6-11(10(8-16)7-12(9)18-5)15-13(17)19-14(2,3)4/h6-8H,1-5H3,(H,15,17). The lowest BCUT2D eigenvalue weighted by molar-refractivity contribution is 0.0636. The summed E-state index contributed by atoms with van der Waals surface area (Å²) in [5.74, 6) is 0.594. The molecule has 1 rings (SSSR count). The second-order valence-electron chi connectivity index (χ2n) is 5.15. The first kappa shape index (κ1) is 15.0. The number of nitrogens with one attached hydrogen (secondary N) is 1. The van der Waals surface area contributed by atoms with Crippen LogP contribution in [-0.2, 0) is 4.74 Å². The highest BCUT2D eigenvalue weighted by atomic mass is 16.6. The Morgan fingerprint density at radius 2 is 1.95 bits per heavy atom. The summed E-state index contributed by atoms with van der Waals surface area (Å²) in [5, 5.41) is 2.56. The van der Waals surface area contributed by atoms with Gasteiger partial charge in [0.05, 0.1) is 12.8 Å². The molecule has 0 aliphatic rings. The SMILES string of the molecule is COc1cc(C=O)c(NC(=O)OC(C)(C)C)cc1C. The molecule has 0 heterocycles. The third-order valence-corrected chi connectivity index (χ3v) is 2.33. The van der Waals surface area contributed by atoms with Crippen molar-refractivity contribution in [3.8, 4) is 5.75 Å². The Hall–Kier alpha value is -2.04. The molecular formula is C14H19NO4. The minimum absolute atomic E-state index is 0.341. The molecule has 1 N–H and O–H groups in total. The summed E-state index contributed by atoms with van der Waals surface area (Å²) in [5.41, 5.74) is 0.974. The maximum Gasteiger partial charge on any atom is 0.412 e. The molecule has 0 unspecified atom stereocenters. The molecule has 0 aliphatic carbocycles. The van der Waals surface area contributed by atoms with Crippen LogP contribution in [-0.4, -0.2) is 25.1 Å². The number of hydrogen-bond acceptors (Lipinski definition) is 4. The van der Waals surface area contributed by atoms with E-state index in [2.05, 4.69) is 5.32 Å². The third kappa shape index (κ3) is 4.28. The van der Waals surface area contributed by atoms with Crippen LogP contribution in [0.1, 0.15) is 36.7 Å². The van der Waals surface area contributed by atoms with Gasteiger partial charge in [-0.15, -0.1) is 0 Å². The number of carbonyl (C=O) groups is 2. The van der Waals surface area contributed by atoms with Crippen LogP contribution >= 0.6 is 0 Å². The topological polar surface area (TPSA) is 64.6 Å². The maximum atomic E-state index is 11.7. The summed E-state index contributed by atoms with van der Waals surface area (Å²) >= 11 is 0. The van der Waals surface area contributed by atoms with Gasteiger partial charge in [-0.25, -0.2) is 4.79 Å². The van der Waals surface area contributed by atoms with Gasteiger partial charge in [-0.3, -0.25) is 10.1 Å². The molecule has 0 fully saturated rings. The van der Waals surface area contributed by atoms with Crippen LogP contribution in [0.2, 0.25) is 0 Å². The minimum Gasteiger partial charge on any atom is -0.496 e. The number of carbonyl (C=O) groups excluding carboxylic acids is 2. The van der Waals surface area contributed by atoms with Gasteiger partial charge in [-0.05, 0) is 45.4 Å². The van der Waals surface area contributed by atoms with E-state index in [1.54, 1.807) is 32.9 Å². The molecule has 0 bridgehead atoms. The molecular weight excluding hydrogens is 246 g/mol. The van der Waals surface area contributed by atoms with E-state index < -0.39 is 11.7 Å². The van der Waals surface area contributed by atoms with Crippen molar-refractivity contribution in [2.75, 3.05) is 12.4 Å². The Labute approximate surface area is 112 Å². The molecule has 104 valence electrons. The van der Waals surface area contributed by atoms with E-state index in [0.717, 1.165) is 5.56 Å². The van der Waals surface area contributed by atoms with E-state index in [4.69, 9.17) is 9.47 Å². The van der Waals surface area contributed by atoms with Gasteiger partial charge in [-0.1, -0.05) is 0 Å². The van der Waals surface area contributed by atoms with Crippen LogP contribution in [0, 0.1) is 6.92 Å². The lowest BCUT2D eigenvalue weighted by atomic mass is 10.1. The highest BCUT2D eigenvalue weighted by molar-refractivity contribution is 5.94. The lowest BCUT2D eigenvalue weighted by Gasteiger charge is -2.20. The van der Waals surface area contributed by atoms with E-state index in [-0.39, 0.29) is 0 Å². The number of ether oxygens (including phenoxy) is 2. The van der Waals surface area contributed by atoms with E-state index >= 15 is 0 Å². The number of rotatable bonds is 3. The summed E-state index contributed by atoms with van der Waals surface area (Å²) in [6.45, 7) is 7.14. The van der Waals surface area contributed by atoms with Gasteiger partial charge in [0.15, 0.2) is 6.29 Å². The van der Waals surface area contributed by atoms with E-state index in [0.29, 0.717) is 23.3 Å². The van der Waals surface area contributed by atoms with Gasteiger partial charge in [-0.2, -0.15) is 0 Å². The van der Waals surface area contributed by atoms with Gasteiger partial charge in [0, 0.05) is 5.56 Å². The van der Waals surface area contributed by atoms with Crippen molar-refractivity contribution in [1.82, 2.24) is 0 Å². The minimum atomic E-state index is -0.597. The number of aryl methyl sites for hydroxylation is 1. The molecule has 5 heteroatoms. The fourth-order valence-corrected chi connectivity index (χ4v) is 1.54. The molecule has 0 saturated heterocycles. The number of anilines is 1. The van der Waals surface area contributed by atoms with Crippen LogP contribution in [0.4, 0.5) is 10.5 Å². The summed E-state index contributed by atoms with van der Waals surface area (Å²) in [6, 6.07) is 3.25. The highest BCUT2D eigenvalue weighted by Crippen LogP contribution is 2.26. The first-order valence-corrected chi connectivity index (χ1v) is 5.90. The van der Waals surface area contributed by atoms with Crippen LogP contribution < -0.4 is 10.1 Å². The van der Waals surface area contributed by atoms with Crippen molar-refractivity contribution in [2.45, 2.75) is 33.3 Å². The Morgan fingerprint density at radius 1 is 1.32 bits per heavy atom. The van der Waals surface area contributed by atoms with E-state index in [1.807, 2.05) is 6.92 Å². The van der Waals surface area contributed by atoms with Crippen molar-refractivity contribution in [3.05, 3.63) is 23.3 Å². The largest absolute Gasteiger partial charge is 0.496 e. The van der Waals surface area contributed by atoms with Crippen LogP contribution in [0.25, 0.3) is 0 Å². The van der Waals surface area contributed by atoms with Crippen molar-refractivity contribution in [2.24, 2.45) is 0 Å². The smallest absolute Gasteiger partial charge is 0.412 e. The van der Waals surface area contributed by atoms with Crippen molar-refractivity contribution < 1.29 is 19.1 Å². The normalized spacial score (nSPS) is 10.8. The first-order valence-electron chi connectivity index (χ1n) is 5.90. The molecule has 1 aromatic rings. The summed E-state index contributed by atoms with van der Waals surface area (Å²) in [7, 11) is 1.53. The number of methoxy groups -OCH3 is 1. The van der Waals surface area contributed by atoms with Gasteiger partial charge < -0.3 is 9.47 Å². The number of benzene rings is 1. The van der Waals surface area contributed by atoms with E-state index in [9.17, 15) is 9.59 Å². The molecule has 1 amide bonds. The second-order valence-corrected chi connectivity index (χ2v) is 5.15. The summed E-state index contributed by atoms with van der Waals surface area (Å²) in [6.07, 6.45) is 0.0643. The average Bonchev–Trinajstić information content (AvgIpc) is 2.26. The zero-order valence-electron chi connectivity index (χ0n) is 11.9. The Morgan fingerprint density at radius 3 is 2.42 bits per heavy atom. The number of aldehydes is 1. The zero-order valence-corrected chi connectivity index (χ0v) is 11.9. The summed E-state index contributed by atoms with van der Waals surface area (Å²) in [4.78, 5) is 22.7. The molecule has 19 heavy (non-hydrogen) atoms. The monoisotopic (exact) mass is 265 g/mol. The van der Waals surface area contributed by atoms with Crippen LogP contribution in [0.15, 0.2) is 12.1 Å². The van der Waals surface area contributed by atoms with Gasteiger partial charge >= 0.3 is 6.09 Å². The van der Waals surface area contributed by atoms with Crippen molar-refractivity contribution in [1.29, 1.82) is 0 Å². The van der Waals surface area contributed by atoms with E-state index in [1.165, 1.54) is 7.11 Å². The first-order chi connectivity index (χ1) is 8.76. The molecule has 0 radical (unpaired) electrons. The molecule has 0 atom stereocenters. The predicted octanol–water partition coefficient (Wildman–Crippen LogP) is 3.16. The number of amides is 1. The second kappa shape index (κ2) is 5.73. The van der Waals surface area contributed by atoms with Gasteiger partial charge in [0.25, 0.3) is 0 Å². The van der Waals surface area contributed by atoms with Gasteiger partial charge in [0.2, 0.25) is 0 Å². The fourth-order valence-electron chi connectivity index (χ4n) is 1.54. The van der Waals surface area contributed by atoms with Crippen LogP contribution in [0.3, 0.4) is 0 Å². The van der Waals surface area contributed by atoms with Crippen molar-refractivity contribution >= 4 is 18.1 Å². The van der Waals surface area contributed by atoms with Crippen molar-refractivity contribution in [3.63, 3.8) is 0 Å². The predicted molar refractivity (Wildman–Crippen MR) is 73.0 cm³/mol. The molecule has 5 nitrogen and oxygen atoms in total. The fraction of sp³-hybridized carbons (Fsp3) is 0.429. The average molecular weight is 265 g/mol. The molecule has 0 aromatic heterocycles. The zero-order chi connectivity index (χ0) is 14.6. The maximum absolute atomic E-state index is 11.7. The molecule has 0 spiro atoms. The highest BCUT2D eigenvalue weighted by Gasteiger charge is 2.17. The molecule has 1 aromatic carbocycles. The Balaban J connectivity index is 2.98.